The van der Waals surface area contributed by atoms with Crippen molar-refractivity contribution in [1.29, 1.82) is 0 Å². The minimum Gasteiger partial charge on any atom is -0.449 e. The molecule has 6 nitrogen and oxygen atoms in total. The fourth-order valence-electron chi connectivity index (χ4n) is 3.89. The van der Waals surface area contributed by atoms with E-state index in [1.807, 2.05) is 0 Å². The maximum atomic E-state index is 11.8. The van der Waals surface area contributed by atoms with E-state index in [0.29, 0.717) is 5.92 Å². The number of nitrogens with one attached hydrogen (secondary N) is 3. The van der Waals surface area contributed by atoms with Gasteiger partial charge in [0.1, 0.15) is 0 Å². The van der Waals surface area contributed by atoms with Gasteiger partial charge in [0, 0.05) is 6.04 Å². The van der Waals surface area contributed by atoms with Gasteiger partial charge in [0.15, 0.2) is 0 Å². The van der Waals surface area contributed by atoms with E-state index in [0.717, 1.165) is 12.8 Å². The molecule has 2 aliphatic carbocycles. The summed E-state index contributed by atoms with van der Waals surface area (Å²) in [5, 5.41) is 2.98. The highest BCUT2D eigenvalue weighted by Gasteiger charge is 2.61. The van der Waals surface area contributed by atoms with Gasteiger partial charge >= 0.3 is 12.1 Å². The number of ether oxygens (including phenoxy) is 1. The topological polar surface area (TPSA) is 79.5 Å². The van der Waals surface area contributed by atoms with Crippen molar-refractivity contribution in [3.8, 4) is 0 Å². The Labute approximate surface area is 120 Å². The van der Waals surface area contributed by atoms with Gasteiger partial charge < -0.3 is 10.1 Å². The fraction of sp³-hybridized carbons (Fsp3) is 0.857. The second-order valence-electron chi connectivity index (χ2n) is 6.61. The van der Waals surface area contributed by atoms with Gasteiger partial charge in [-0.1, -0.05) is 20.8 Å². The summed E-state index contributed by atoms with van der Waals surface area (Å²) in [5.74, 6) is 0.663. The molecule has 114 valence electrons. The first-order valence-corrected chi connectivity index (χ1v) is 7.30. The minimum absolute atomic E-state index is 0.124. The lowest BCUT2D eigenvalue weighted by molar-refractivity contribution is 0.121. The molecule has 6 heteroatoms. The molecule has 2 aliphatic rings. The molecule has 0 aromatic heterocycles. The summed E-state index contributed by atoms with van der Waals surface area (Å²) in [6.07, 6.45) is 2.74. The number of hydrazine groups is 1. The SMILES string of the molecule is CCOC(=O)NNC(=O)N[C@H]1C[C@@H]2CC[C@]1(C)C2(C)C. The summed E-state index contributed by atoms with van der Waals surface area (Å²) in [6.45, 7) is 8.81. The predicted octanol–water partition coefficient (Wildman–Crippen LogP) is 2.16. The van der Waals surface area contributed by atoms with Gasteiger partial charge in [0.25, 0.3) is 0 Å². The van der Waals surface area contributed by atoms with Crippen molar-refractivity contribution in [2.45, 2.75) is 53.0 Å². The van der Waals surface area contributed by atoms with Crippen molar-refractivity contribution in [3.63, 3.8) is 0 Å². The average Bonchev–Trinajstić information content (AvgIpc) is 2.70. The molecule has 0 saturated heterocycles. The molecular formula is C14H25N3O3. The van der Waals surface area contributed by atoms with Crippen LogP contribution < -0.4 is 16.2 Å². The van der Waals surface area contributed by atoms with Crippen LogP contribution in [0.3, 0.4) is 0 Å². The molecule has 0 aliphatic heterocycles. The summed E-state index contributed by atoms with van der Waals surface area (Å²) in [4.78, 5) is 22.9. The maximum absolute atomic E-state index is 11.8. The summed E-state index contributed by atoms with van der Waals surface area (Å²) in [7, 11) is 0. The number of hydrogen-bond donors (Lipinski definition) is 3. The lowest BCUT2D eigenvalue weighted by Crippen LogP contribution is -2.54. The number of fused-ring (bicyclic) bond motifs is 2. The van der Waals surface area contributed by atoms with Crippen molar-refractivity contribution >= 4 is 12.1 Å². The molecule has 2 rings (SSSR count). The predicted molar refractivity (Wildman–Crippen MR) is 74.8 cm³/mol. The van der Waals surface area contributed by atoms with Gasteiger partial charge in [-0.15, -0.1) is 0 Å². The van der Waals surface area contributed by atoms with Gasteiger partial charge in [0.2, 0.25) is 0 Å². The third kappa shape index (κ3) is 2.31. The van der Waals surface area contributed by atoms with Crippen LogP contribution in [0.5, 0.6) is 0 Å². The normalized spacial score (nSPS) is 33.6. The van der Waals surface area contributed by atoms with Gasteiger partial charge in [-0.2, -0.15) is 0 Å². The first-order valence-electron chi connectivity index (χ1n) is 7.30. The molecule has 2 saturated carbocycles. The largest absolute Gasteiger partial charge is 0.449 e. The minimum atomic E-state index is -0.651. The van der Waals surface area contributed by atoms with E-state index in [9.17, 15) is 9.59 Å². The van der Waals surface area contributed by atoms with E-state index < -0.39 is 6.09 Å². The summed E-state index contributed by atoms with van der Waals surface area (Å²) in [6, 6.07) is -0.229. The lowest BCUT2D eigenvalue weighted by Gasteiger charge is -2.39. The smallest absolute Gasteiger partial charge is 0.426 e. The molecule has 0 radical (unpaired) electrons. The average molecular weight is 283 g/mol. The van der Waals surface area contributed by atoms with E-state index in [1.54, 1.807) is 6.92 Å². The second kappa shape index (κ2) is 5.14. The van der Waals surface area contributed by atoms with Crippen molar-refractivity contribution < 1.29 is 14.3 Å². The van der Waals surface area contributed by atoms with E-state index in [-0.39, 0.29) is 29.5 Å². The van der Waals surface area contributed by atoms with Crippen LogP contribution in [0.25, 0.3) is 0 Å². The number of rotatable bonds is 2. The van der Waals surface area contributed by atoms with Gasteiger partial charge in [0.05, 0.1) is 6.61 Å². The molecule has 3 atom stereocenters. The molecule has 0 unspecified atom stereocenters. The number of urea groups is 1. The number of carbonyl (C=O) groups is 2. The number of carbonyl (C=O) groups excluding carboxylic acids is 2. The molecule has 3 amide bonds. The summed E-state index contributed by atoms with van der Waals surface area (Å²) >= 11 is 0. The van der Waals surface area contributed by atoms with Crippen molar-refractivity contribution in [1.82, 2.24) is 16.2 Å². The van der Waals surface area contributed by atoms with Gasteiger partial charge in [-0.25, -0.2) is 20.4 Å². The van der Waals surface area contributed by atoms with Gasteiger partial charge in [-0.05, 0) is 42.9 Å². The third-order valence-corrected chi connectivity index (χ3v) is 5.65. The van der Waals surface area contributed by atoms with Gasteiger partial charge in [-0.3, -0.25) is 0 Å². The van der Waals surface area contributed by atoms with Crippen LogP contribution in [0.4, 0.5) is 9.59 Å². The van der Waals surface area contributed by atoms with Crippen LogP contribution in [0.2, 0.25) is 0 Å². The first-order chi connectivity index (χ1) is 9.31. The molecule has 2 fully saturated rings. The van der Waals surface area contributed by atoms with Crippen LogP contribution >= 0.6 is 0 Å². The zero-order chi connectivity index (χ0) is 15.0. The zero-order valence-corrected chi connectivity index (χ0v) is 12.7. The monoisotopic (exact) mass is 283 g/mol. The Morgan fingerprint density at radius 3 is 2.45 bits per heavy atom. The zero-order valence-electron chi connectivity index (χ0n) is 12.7. The number of amides is 3. The molecule has 0 aromatic carbocycles. The summed E-state index contributed by atoms with van der Waals surface area (Å²) < 4.78 is 4.67. The van der Waals surface area contributed by atoms with E-state index in [4.69, 9.17) is 0 Å². The Balaban J connectivity index is 1.86. The van der Waals surface area contributed by atoms with Crippen LogP contribution in [0.1, 0.15) is 47.0 Å². The number of hydrogen-bond acceptors (Lipinski definition) is 3. The molecule has 20 heavy (non-hydrogen) atoms. The van der Waals surface area contributed by atoms with Crippen LogP contribution in [0, 0.1) is 16.7 Å². The first kappa shape index (κ1) is 14.9. The maximum Gasteiger partial charge on any atom is 0.426 e. The third-order valence-electron chi connectivity index (χ3n) is 5.65. The highest BCUT2D eigenvalue weighted by atomic mass is 16.6. The van der Waals surface area contributed by atoms with Crippen LogP contribution in [0.15, 0.2) is 0 Å². The molecule has 2 bridgehead atoms. The van der Waals surface area contributed by atoms with Crippen molar-refractivity contribution in [2.24, 2.45) is 16.7 Å². The molecular weight excluding hydrogens is 258 g/mol. The molecule has 3 N–H and O–H groups in total. The van der Waals surface area contributed by atoms with E-state index >= 15 is 0 Å². The Hall–Kier alpha value is -1.46. The Bertz CT molecular complexity index is 410. The van der Waals surface area contributed by atoms with E-state index in [2.05, 4.69) is 41.7 Å². The Morgan fingerprint density at radius 1 is 1.25 bits per heavy atom. The summed E-state index contributed by atoms with van der Waals surface area (Å²) in [5.41, 5.74) is 4.91. The van der Waals surface area contributed by atoms with Crippen molar-refractivity contribution in [3.05, 3.63) is 0 Å². The Morgan fingerprint density at radius 2 is 1.95 bits per heavy atom. The Kier molecular flexibility index (Phi) is 3.84. The molecule has 0 heterocycles. The van der Waals surface area contributed by atoms with Crippen LogP contribution in [-0.4, -0.2) is 24.8 Å². The standard InChI is InChI=1S/C14H25N3O3/c1-5-20-12(19)17-16-11(18)15-10-8-9-6-7-14(10,4)13(9,2)3/h9-10H,5-8H2,1-4H3,(H,17,19)(H2,15,16,18)/t9-,10-,14-/m0/s1. The van der Waals surface area contributed by atoms with E-state index in [1.165, 1.54) is 6.42 Å². The highest BCUT2D eigenvalue weighted by Crippen LogP contribution is 2.65. The lowest BCUT2D eigenvalue weighted by atomic mass is 9.69. The quantitative estimate of drug-likeness (QED) is 0.679. The van der Waals surface area contributed by atoms with Crippen LogP contribution in [-0.2, 0) is 4.74 Å². The highest BCUT2D eigenvalue weighted by molar-refractivity contribution is 5.77. The molecule has 0 aromatic rings. The molecule has 0 spiro atoms. The fourth-order valence-corrected chi connectivity index (χ4v) is 3.89. The van der Waals surface area contributed by atoms with Crippen molar-refractivity contribution in [2.75, 3.05) is 6.61 Å². The second-order valence-corrected chi connectivity index (χ2v) is 6.61.